The molecule has 26 heavy (non-hydrogen) atoms. The van der Waals surface area contributed by atoms with Crippen molar-refractivity contribution in [2.45, 2.75) is 39.0 Å². The first-order chi connectivity index (χ1) is 12.6. The molecule has 130 valence electrons. The minimum absolute atomic E-state index is 0.272. The highest BCUT2D eigenvalue weighted by Crippen LogP contribution is 2.23. The molecule has 0 aliphatic rings. The van der Waals surface area contributed by atoms with Crippen LogP contribution in [0.2, 0.25) is 0 Å². The summed E-state index contributed by atoms with van der Waals surface area (Å²) in [5, 5.41) is 0. The van der Waals surface area contributed by atoms with E-state index in [1.54, 1.807) is 12.4 Å². The van der Waals surface area contributed by atoms with Crippen molar-refractivity contribution in [2.24, 2.45) is 0 Å². The van der Waals surface area contributed by atoms with Gasteiger partial charge in [-0.1, -0.05) is 26.8 Å². The van der Waals surface area contributed by atoms with Gasteiger partial charge in [-0.05, 0) is 47.6 Å². The SMILES string of the molecule is CC(C)c1ccc2ncc(C[C@H](C)c3cnc4nccnc4c3)nc2c1. The van der Waals surface area contributed by atoms with E-state index in [0.717, 1.165) is 34.2 Å². The molecule has 0 unspecified atom stereocenters. The Morgan fingerprint density at radius 2 is 1.58 bits per heavy atom. The largest absolute Gasteiger partial charge is 0.253 e. The molecule has 0 saturated carbocycles. The summed E-state index contributed by atoms with van der Waals surface area (Å²) in [4.78, 5) is 22.4. The van der Waals surface area contributed by atoms with Gasteiger partial charge in [0.15, 0.2) is 5.65 Å². The second kappa shape index (κ2) is 6.75. The highest BCUT2D eigenvalue weighted by Gasteiger charge is 2.11. The third-order valence-electron chi connectivity index (χ3n) is 4.71. The molecule has 0 spiro atoms. The molecule has 3 heterocycles. The molecular formula is C21H21N5. The molecule has 5 nitrogen and oxygen atoms in total. The zero-order valence-electron chi connectivity index (χ0n) is 15.2. The Labute approximate surface area is 152 Å². The standard InChI is InChI=1S/C21H21N5/c1-13(2)15-4-5-18-19(9-15)26-17(12-24-18)8-14(3)16-10-20-21(25-11-16)23-7-6-22-20/h4-7,9-14H,8H2,1-3H3/t14-/m0/s1. The summed E-state index contributed by atoms with van der Waals surface area (Å²) in [6, 6.07) is 8.39. The number of hydrogen-bond donors (Lipinski definition) is 0. The zero-order valence-corrected chi connectivity index (χ0v) is 15.2. The van der Waals surface area contributed by atoms with E-state index in [1.807, 2.05) is 12.4 Å². The minimum Gasteiger partial charge on any atom is -0.253 e. The fourth-order valence-corrected chi connectivity index (χ4v) is 3.10. The summed E-state index contributed by atoms with van der Waals surface area (Å²) in [6.45, 7) is 6.56. The third-order valence-corrected chi connectivity index (χ3v) is 4.71. The van der Waals surface area contributed by atoms with Gasteiger partial charge >= 0.3 is 0 Å². The van der Waals surface area contributed by atoms with Crippen LogP contribution in [-0.2, 0) is 6.42 Å². The second-order valence-corrected chi connectivity index (χ2v) is 7.04. The summed E-state index contributed by atoms with van der Waals surface area (Å²) in [5.41, 5.74) is 6.81. The first-order valence-corrected chi connectivity index (χ1v) is 8.92. The lowest BCUT2D eigenvalue weighted by atomic mass is 9.97. The van der Waals surface area contributed by atoms with E-state index in [0.29, 0.717) is 11.6 Å². The number of benzene rings is 1. The van der Waals surface area contributed by atoms with E-state index >= 15 is 0 Å². The van der Waals surface area contributed by atoms with Crippen LogP contribution in [0.5, 0.6) is 0 Å². The van der Waals surface area contributed by atoms with E-state index < -0.39 is 0 Å². The molecule has 0 fully saturated rings. The minimum atomic E-state index is 0.272. The Bertz CT molecular complexity index is 1070. The molecule has 0 bridgehead atoms. The van der Waals surface area contributed by atoms with Crippen LogP contribution in [0, 0.1) is 0 Å². The number of hydrogen-bond acceptors (Lipinski definition) is 5. The average molecular weight is 343 g/mol. The van der Waals surface area contributed by atoms with Crippen molar-refractivity contribution in [2.75, 3.05) is 0 Å². The lowest BCUT2D eigenvalue weighted by Crippen LogP contribution is -2.03. The lowest BCUT2D eigenvalue weighted by Gasteiger charge is -2.12. The topological polar surface area (TPSA) is 64.5 Å². The van der Waals surface area contributed by atoms with Crippen LogP contribution in [0.4, 0.5) is 0 Å². The number of nitrogens with zero attached hydrogens (tertiary/aromatic N) is 5. The Hall–Kier alpha value is -2.95. The Balaban J connectivity index is 1.62. The first-order valence-electron chi connectivity index (χ1n) is 8.92. The molecule has 1 atom stereocenters. The van der Waals surface area contributed by atoms with Crippen molar-refractivity contribution in [1.29, 1.82) is 0 Å². The van der Waals surface area contributed by atoms with E-state index in [9.17, 15) is 0 Å². The maximum atomic E-state index is 4.84. The van der Waals surface area contributed by atoms with E-state index in [4.69, 9.17) is 4.98 Å². The quantitative estimate of drug-likeness (QED) is 0.548. The van der Waals surface area contributed by atoms with Gasteiger partial charge < -0.3 is 0 Å². The molecule has 5 heteroatoms. The Morgan fingerprint density at radius 1 is 0.769 bits per heavy atom. The van der Waals surface area contributed by atoms with Crippen molar-refractivity contribution in [1.82, 2.24) is 24.9 Å². The number of pyridine rings is 1. The predicted octanol–water partition coefficient (Wildman–Crippen LogP) is 4.44. The van der Waals surface area contributed by atoms with Gasteiger partial charge in [0.2, 0.25) is 0 Å². The monoisotopic (exact) mass is 343 g/mol. The fourth-order valence-electron chi connectivity index (χ4n) is 3.10. The molecule has 0 amide bonds. The predicted molar refractivity (Wildman–Crippen MR) is 103 cm³/mol. The molecular weight excluding hydrogens is 322 g/mol. The molecule has 0 radical (unpaired) electrons. The van der Waals surface area contributed by atoms with Crippen LogP contribution in [0.3, 0.4) is 0 Å². The molecule has 4 rings (SSSR count). The molecule has 4 aromatic rings. The van der Waals surface area contributed by atoms with Crippen molar-refractivity contribution < 1.29 is 0 Å². The van der Waals surface area contributed by atoms with Crippen molar-refractivity contribution in [3.63, 3.8) is 0 Å². The van der Waals surface area contributed by atoms with Crippen LogP contribution >= 0.6 is 0 Å². The van der Waals surface area contributed by atoms with E-state index in [-0.39, 0.29) is 5.92 Å². The van der Waals surface area contributed by atoms with Crippen LogP contribution in [0.15, 0.2) is 49.1 Å². The number of rotatable bonds is 4. The molecule has 0 aliphatic heterocycles. The molecule has 0 aliphatic carbocycles. The maximum absolute atomic E-state index is 4.84. The van der Waals surface area contributed by atoms with Gasteiger partial charge in [-0.3, -0.25) is 9.97 Å². The first kappa shape index (κ1) is 16.5. The summed E-state index contributed by atoms with van der Waals surface area (Å²) < 4.78 is 0. The van der Waals surface area contributed by atoms with Gasteiger partial charge in [-0.2, -0.15) is 0 Å². The van der Waals surface area contributed by atoms with Crippen LogP contribution in [0.25, 0.3) is 22.2 Å². The van der Waals surface area contributed by atoms with Gasteiger partial charge in [0.1, 0.15) is 5.52 Å². The normalized spacial score (nSPS) is 12.8. The van der Waals surface area contributed by atoms with Gasteiger partial charge in [-0.25, -0.2) is 15.0 Å². The highest BCUT2D eigenvalue weighted by atomic mass is 14.9. The van der Waals surface area contributed by atoms with Gasteiger partial charge in [0, 0.05) is 24.8 Å². The van der Waals surface area contributed by atoms with Crippen LogP contribution in [-0.4, -0.2) is 24.9 Å². The third kappa shape index (κ3) is 3.25. The molecule has 0 N–H and O–H groups in total. The Morgan fingerprint density at radius 3 is 2.42 bits per heavy atom. The molecule has 1 aromatic carbocycles. The van der Waals surface area contributed by atoms with Gasteiger partial charge in [0.25, 0.3) is 0 Å². The van der Waals surface area contributed by atoms with Crippen LogP contribution < -0.4 is 0 Å². The summed E-state index contributed by atoms with van der Waals surface area (Å²) >= 11 is 0. The number of aromatic nitrogens is 5. The Kier molecular flexibility index (Phi) is 4.29. The van der Waals surface area contributed by atoms with E-state index in [2.05, 4.69) is 65.0 Å². The van der Waals surface area contributed by atoms with Crippen molar-refractivity contribution >= 4 is 22.2 Å². The lowest BCUT2D eigenvalue weighted by molar-refractivity contribution is 0.737. The average Bonchev–Trinajstić information content (AvgIpc) is 2.67. The van der Waals surface area contributed by atoms with Gasteiger partial charge in [-0.15, -0.1) is 0 Å². The van der Waals surface area contributed by atoms with Crippen LogP contribution in [0.1, 0.15) is 49.4 Å². The highest BCUT2D eigenvalue weighted by molar-refractivity contribution is 5.75. The summed E-state index contributed by atoms with van der Waals surface area (Å²) in [6.07, 6.45) is 7.92. The van der Waals surface area contributed by atoms with E-state index in [1.165, 1.54) is 5.56 Å². The second-order valence-electron chi connectivity index (χ2n) is 7.04. The van der Waals surface area contributed by atoms with Crippen molar-refractivity contribution in [3.8, 4) is 0 Å². The number of fused-ring (bicyclic) bond motifs is 2. The maximum Gasteiger partial charge on any atom is 0.178 e. The van der Waals surface area contributed by atoms with Crippen molar-refractivity contribution in [3.05, 3.63) is 65.9 Å². The fraction of sp³-hybridized carbons (Fsp3) is 0.286. The van der Waals surface area contributed by atoms with Gasteiger partial charge in [0.05, 0.1) is 16.7 Å². The summed E-state index contributed by atoms with van der Waals surface area (Å²) in [5.74, 6) is 0.752. The smallest absolute Gasteiger partial charge is 0.178 e. The zero-order chi connectivity index (χ0) is 18.1. The summed E-state index contributed by atoms with van der Waals surface area (Å²) in [7, 11) is 0. The molecule has 0 saturated heterocycles. The molecule has 3 aromatic heterocycles.